The zero-order valence-corrected chi connectivity index (χ0v) is 16.8. The van der Waals surface area contributed by atoms with Crippen molar-refractivity contribution in [3.05, 3.63) is 76.1 Å². The van der Waals surface area contributed by atoms with Gasteiger partial charge in [-0.1, -0.05) is 17.7 Å². The van der Waals surface area contributed by atoms with Crippen molar-refractivity contribution >= 4 is 33.3 Å². The summed E-state index contributed by atoms with van der Waals surface area (Å²) in [6, 6.07) is 6.31. The number of fused-ring (bicyclic) bond motifs is 6. The lowest BCUT2D eigenvalue weighted by atomic mass is 9.98. The zero-order chi connectivity index (χ0) is 22.5. The number of ether oxygens (including phenoxy) is 1. The normalized spacial score (nSPS) is 14.9. The van der Waals surface area contributed by atoms with Gasteiger partial charge in [0.05, 0.1) is 16.3 Å². The van der Waals surface area contributed by atoms with Gasteiger partial charge < -0.3 is 9.84 Å². The second-order valence-electron chi connectivity index (χ2n) is 6.60. The number of rotatable bonds is 0. The van der Waals surface area contributed by atoms with Crippen molar-refractivity contribution in [2.75, 3.05) is 4.72 Å². The SMILES string of the molecule is O=C1OCc2ccc(F)cc2-c2cc(c(F)cc2F)NS(=O)(=O)c2cc1cc(Cl)c2O. The molecule has 4 rings (SSSR count). The molecule has 1 aliphatic heterocycles. The van der Waals surface area contributed by atoms with Crippen LogP contribution in [0.15, 0.2) is 47.4 Å². The molecule has 1 heterocycles. The molecule has 0 radical (unpaired) electrons. The first kappa shape index (κ1) is 21.0. The Morgan fingerprint density at radius 1 is 1.00 bits per heavy atom. The Morgan fingerprint density at radius 3 is 2.48 bits per heavy atom. The van der Waals surface area contributed by atoms with E-state index in [4.69, 9.17) is 16.3 Å². The van der Waals surface area contributed by atoms with Crippen LogP contribution in [0.5, 0.6) is 5.75 Å². The van der Waals surface area contributed by atoms with Gasteiger partial charge in [0.2, 0.25) is 0 Å². The molecule has 1 aliphatic rings. The average Bonchev–Trinajstić information content (AvgIpc) is 2.70. The van der Waals surface area contributed by atoms with Crippen LogP contribution in [0.2, 0.25) is 5.02 Å². The molecule has 0 aromatic heterocycles. The zero-order valence-electron chi connectivity index (χ0n) is 15.2. The summed E-state index contributed by atoms with van der Waals surface area (Å²) in [6.07, 6.45) is 0. The number of hydrogen-bond acceptors (Lipinski definition) is 5. The minimum atomic E-state index is -4.68. The summed E-state index contributed by atoms with van der Waals surface area (Å²) in [5, 5.41) is 9.64. The molecular formula is C20H11ClF3NO5S. The summed E-state index contributed by atoms with van der Waals surface area (Å²) in [7, 11) is -4.68. The lowest BCUT2D eigenvalue weighted by Crippen LogP contribution is -2.15. The summed E-state index contributed by atoms with van der Waals surface area (Å²) in [5.74, 6) is -4.99. The average molecular weight is 470 g/mol. The maximum absolute atomic E-state index is 14.5. The first-order valence-corrected chi connectivity index (χ1v) is 10.4. The largest absolute Gasteiger partial charge is 0.505 e. The second-order valence-corrected chi connectivity index (χ2v) is 8.66. The molecule has 0 aliphatic carbocycles. The predicted molar refractivity (Wildman–Crippen MR) is 105 cm³/mol. The fourth-order valence-electron chi connectivity index (χ4n) is 3.08. The van der Waals surface area contributed by atoms with Gasteiger partial charge in [0.25, 0.3) is 10.0 Å². The van der Waals surface area contributed by atoms with Crippen LogP contribution in [-0.4, -0.2) is 19.5 Å². The number of anilines is 1. The maximum Gasteiger partial charge on any atom is 0.338 e. The third-order valence-electron chi connectivity index (χ3n) is 4.58. The third-order valence-corrected chi connectivity index (χ3v) is 6.24. The van der Waals surface area contributed by atoms with Gasteiger partial charge >= 0.3 is 5.97 Å². The molecule has 3 aromatic carbocycles. The summed E-state index contributed by atoms with van der Waals surface area (Å²) >= 11 is 5.85. The lowest BCUT2D eigenvalue weighted by molar-refractivity contribution is 0.0473. The lowest BCUT2D eigenvalue weighted by Gasteiger charge is -2.14. The van der Waals surface area contributed by atoms with Crippen molar-refractivity contribution in [3.63, 3.8) is 0 Å². The van der Waals surface area contributed by atoms with Gasteiger partial charge in [-0.3, -0.25) is 4.72 Å². The van der Waals surface area contributed by atoms with E-state index in [0.29, 0.717) is 6.07 Å². The first-order chi connectivity index (χ1) is 14.6. The number of sulfonamides is 1. The quantitative estimate of drug-likeness (QED) is 0.469. The number of phenols is 1. The van der Waals surface area contributed by atoms with Crippen LogP contribution in [0.4, 0.5) is 18.9 Å². The van der Waals surface area contributed by atoms with E-state index in [1.165, 1.54) is 6.07 Å². The topological polar surface area (TPSA) is 92.7 Å². The van der Waals surface area contributed by atoms with Crippen molar-refractivity contribution in [1.29, 1.82) is 0 Å². The summed E-state index contributed by atoms with van der Waals surface area (Å²) in [4.78, 5) is 11.6. The van der Waals surface area contributed by atoms with E-state index in [-0.39, 0.29) is 22.3 Å². The highest BCUT2D eigenvalue weighted by molar-refractivity contribution is 7.92. The van der Waals surface area contributed by atoms with Crippen molar-refractivity contribution in [1.82, 2.24) is 0 Å². The molecule has 3 aromatic rings. The summed E-state index contributed by atoms with van der Waals surface area (Å²) < 4.78 is 75.4. The van der Waals surface area contributed by atoms with Crippen LogP contribution in [0.3, 0.4) is 0 Å². The standard InChI is InChI=1S/C20H11ClF3NO5S/c21-14-3-10-4-18(19(14)26)31(28,29)25-17-6-13(15(23)7-16(17)24)12-5-11(22)2-1-9(12)8-30-20(10)27/h1-7,25-26H,8H2. The molecule has 2 N–H and O–H groups in total. The van der Waals surface area contributed by atoms with Crippen LogP contribution >= 0.6 is 11.6 Å². The smallest absolute Gasteiger partial charge is 0.338 e. The van der Waals surface area contributed by atoms with Gasteiger partial charge in [0, 0.05) is 11.6 Å². The van der Waals surface area contributed by atoms with Gasteiger partial charge in [-0.25, -0.2) is 26.4 Å². The Morgan fingerprint density at radius 2 is 1.74 bits per heavy atom. The Labute approximate surface area is 178 Å². The van der Waals surface area contributed by atoms with E-state index in [9.17, 15) is 31.5 Å². The minimum Gasteiger partial charge on any atom is -0.505 e. The van der Waals surface area contributed by atoms with Gasteiger partial charge in [0.15, 0.2) is 5.75 Å². The molecule has 0 atom stereocenters. The molecule has 11 heteroatoms. The highest BCUT2D eigenvalue weighted by Crippen LogP contribution is 2.37. The number of esters is 1. The Balaban J connectivity index is 2.02. The van der Waals surface area contributed by atoms with Crippen LogP contribution in [0.1, 0.15) is 15.9 Å². The van der Waals surface area contributed by atoms with E-state index in [0.717, 1.165) is 30.3 Å². The van der Waals surface area contributed by atoms with Gasteiger partial charge in [0.1, 0.15) is 29.0 Å². The molecule has 6 nitrogen and oxygen atoms in total. The molecule has 0 saturated heterocycles. The highest BCUT2D eigenvalue weighted by Gasteiger charge is 2.27. The van der Waals surface area contributed by atoms with Crippen molar-refractivity contribution in [3.8, 4) is 16.9 Å². The molecule has 0 spiro atoms. The number of carbonyl (C=O) groups is 1. The molecule has 4 bridgehead atoms. The molecule has 0 amide bonds. The van der Waals surface area contributed by atoms with Gasteiger partial charge in [-0.05, 0) is 41.5 Å². The first-order valence-electron chi connectivity index (χ1n) is 8.57. The van der Waals surface area contributed by atoms with E-state index < -0.39 is 61.4 Å². The van der Waals surface area contributed by atoms with Crippen molar-refractivity contribution in [2.45, 2.75) is 11.5 Å². The maximum atomic E-state index is 14.5. The Bertz CT molecular complexity index is 1360. The number of benzene rings is 3. The van der Waals surface area contributed by atoms with Gasteiger partial charge in [-0.15, -0.1) is 0 Å². The van der Waals surface area contributed by atoms with Crippen LogP contribution in [0.25, 0.3) is 11.1 Å². The number of nitrogens with one attached hydrogen (secondary N) is 1. The Kier molecular flexibility index (Phi) is 5.06. The van der Waals surface area contributed by atoms with Crippen LogP contribution in [0, 0.1) is 17.5 Å². The third kappa shape index (κ3) is 3.79. The fourth-order valence-corrected chi connectivity index (χ4v) is 4.56. The number of carbonyl (C=O) groups excluding carboxylic acids is 1. The number of aromatic hydroxyl groups is 1. The number of halogens is 4. The fraction of sp³-hybridized carbons (Fsp3) is 0.0500. The predicted octanol–water partition coefficient (Wildman–Crippen LogP) is 4.60. The number of hydrogen-bond donors (Lipinski definition) is 2. The summed E-state index contributed by atoms with van der Waals surface area (Å²) in [6.45, 7) is -0.436. The molecular weight excluding hydrogens is 459 g/mol. The van der Waals surface area contributed by atoms with E-state index in [1.807, 2.05) is 4.72 Å². The van der Waals surface area contributed by atoms with Crippen molar-refractivity contribution in [2.24, 2.45) is 0 Å². The molecule has 0 fully saturated rings. The minimum absolute atomic E-state index is 0.0717. The Hall–Kier alpha value is -3.24. The van der Waals surface area contributed by atoms with Crippen molar-refractivity contribution < 1.29 is 36.2 Å². The molecule has 31 heavy (non-hydrogen) atoms. The molecule has 0 unspecified atom stereocenters. The monoisotopic (exact) mass is 469 g/mol. The van der Waals surface area contributed by atoms with E-state index in [1.54, 1.807) is 0 Å². The van der Waals surface area contributed by atoms with Crippen LogP contribution < -0.4 is 4.72 Å². The number of cyclic esters (lactones) is 1. The van der Waals surface area contributed by atoms with Crippen LogP contribution in [-0.2, 0) is 21.4 Å². The molecule has 0 saturated carbocycles. The van der Waals surface area contributed by atoms with E-state index >= 15 is 0 Å². The second kappa shape index (κ2) is 7.47. The van der Waals surface area contributed by atoms with E-state index in [2.05, 4.69) is 0 Å². The van der Waals surface area contributed by atoms with Gasteiger partial charge in [-0.2, -0.15) is 0 Å². The number of phenolic OH excluding ortho intramolecular Hbond substituents is 1. The molecule has 160 valence electrons. The highest BCUT2D eigenvalue weighted by atomic mass is 35.5. The summed E-state index contributed by atoms with van der Waals surface area (Å²) in [5.41, 5.74) is -1.21.